The minimum atomic E-state index is 0.0168. The van der Waals surface area contributed by atoms with Gasteiger partial charge in [-0.2, -0.15) is 0 Å². The highest BCUT2D eigenvalue weighted by molar-refractivity contribution is 7.97. The summed E-state index contributed by atoms with van der Waals surface area (Å²) in [5.41, 5.74) is 1.27. The van der Waals surface area contributed by atoms with E-state index in [0.29, 0.717) is 32.8 Å². The molecule has 1 aliphatic rings. The zero-order chi connectivity index (χ0) is 14.2. The van der Waals surface area contributed by atoms with Crippen LogP contribution in [0.4, 0.5) is 4.79 Å². The number of nitrogens with zero attached hydrogens (tertiary/aromatic N) is 1. The van der Waals surface area contributed by atoms with Crippen molar-refractivity contribution >= 4 is 18.0 Å². The fraction of sp³-hybridized carbons (Fsp3) is 0.500. The highest BCUT2D eigenvalue weighted by Gasteiger charge is 2.15. The monoisotopic (exact) mass is 295 g/mol. The normalized spacial score (nSPS) is 15.2. The Morgan fingerprint density at radius 1 is 1.30 bits per heavy atom. The van der Waals surface area contributed by atoms with Crippen LogP contribution >= 0.6 is 11.9 Å². The van der Waals surface area contributed by atoms with E-state index in [2.05, 4.69) is 17.4 Å². The molecule has 2 rings (SSSR count). The van der Waals surface area contributed by atoms with Gasteiger partial charge in [-0.25, -0.2) is 4.79 Å². The second-order valence-corrected chi connectivity index (χ2v) is 5.40. The van der Waals surface area contributed by atoms with Crippen molar-refractivity contribution in [1.29, 1.82) is 0 Å². The third kappa shape index (κ3) is 4.70. The van der Waals surface area contributed by atoms with Crippen molar-refractivity contribution in [1.82, 2.24) is 10.2 Å². The average Bonchev–Trinajstić information content (AvgIpc) is 2.53. The predicted octanol–water partition coefficient (Wildman–Crippen LogP) is 1.63. The van der Waals surface area contributed by atoms with Crippen LogP contribution < -0.4 is 10.5 Å². The van der Waals surface area contributed by atoms with Crippen LogP contribution in [-0.2, 0) is 11.2 Å². The molecule has 1 aromatic rings. The van der Waals surface area contributed by atoms with Crippen molar-refractivity contribution < 1.29 is 9.53 Å². The third-order valence-electron chi connectivity index (χ3n) is 3.28. The van der Waals surface area contributed by atoms with Gasteiger partial charge in [-0.3, -0.25) is 5.14 Å². The Kier molecular flexibility index (Phi) is 6.17. The van der Waals surface area contributed by atoms with Crippen molar-refractivity contribution in [3.05, 3.63) is 29.8 Å². The molecule has 1 fully saturated rings. The Hall–Kier alpha value is -1.24. The summed E-state index contributed by atoms with van der Waals surface area (Å²) < 4.78 is 5.22. The second-order valence-electron chi connectivity index (χ2n) is 4.70. The fourth-order valence-electron chi connectivity index (χ4n) is 2.10. The molecule has 110 valence electrons. The number of morpholine rings is 1. The molecule has 1 aliphatic heterocycles. The van der Waals surface area contributed by atoms with E-state index in [1.165, 1.54) is 17.5 Å². The molecule has 5 nitrogen and oxygen atoms in total. The topological polar surface area (TPSA) is 67.6 Å². The fourth-order valence-corrected chi connectivity index (χ4v) is 2.39. The van der Waals surface area contributed by atoms with Gasteiger partial charge in [0.25, 0.3) is 0 Å². The summed E-state index contributed by atoms with van der Waals surface area (Å²) >= 11 is 1.25. The quantitative estimate of drug-likeness (QED) is 0.640. The van der Waals surface area contributed by atoms with E-state index < -0.39 is 0 Å². The minimum Gasteiger partial charge on any atom is -0.378 e. The van der Waals surface area contributed by atoms with Crippen LogP contribution in [0.15, 0.2) is 29.2 Å². The summed E-state index contributed by atoms with van der Waals surface area (Å²) in [5, 5.41) is 8.43. The van der Waals surface area contributed by atoms with Gasteiger partial charge in [0.2, 0.25) is 0 Å². The summed E-state index contributed by atoms with van der Waals surface area (Å²) in [6.45, 7) is 3.34. The Labute approximate surface area is 124 Å². The number of nitrogens with two attached hydrogens (primary N) is 1. The maximum Gasteiger partial charge on any atom is 0.317 e. The van der Waals surface area contributed by atoms with Gasteiger partial charge in [0.15, 0.2) is 0 Å². The number of hydrogen-bond donors (Lipinski definition) is 2. The summed E-state index contributed by atoms with van der Waals surface area (Å²) in [5.74, 6) is 0. The molecule has 0 saturated carbocycles. The van der Waals surface area contributed by atoms with Crippen LogP contribution in [0.25, 0.3) is 0 Å². The van der Waals surface area contributed by atoms with E-state index in [9.17, 15) is 4.79 Å². The van der Waals surface area contributed by atoms with Gasteiger partial charge in [0.05, 0.1) is 13.2 Å². The Bertz CT molecular complexity index is 419. The summed E-state index contributed by atoms with van der Waals surface area (Å²) in [4.78, 5) is 14.7. The molecule has 2 amide bonds. The Morgan fingerprint density at radius 2 is 2.00 bits per heavy atom. The molecule has 6 heteroatoms. The maximum absolute atomic E-state index is 11.8. The molecule has 0 atom stereocenters. The SMILES string of the molecule is NSc1ccc(CCCNC(=O)N2CCOCC2)cc1. The number of aryl methyl sites for hydroxylation is 1. The van der Waals surface area contributed by atoms with E-state index in [1.807, 2.05) is 12.1 Å². The van der Waals surface area contributed by atoms with Gasteiger partial charge in [-0.15, -0.1) is 0 Å². The van der Waals surface area contributed by atoms with Gasteiger partial charge in [0, 0.05) is 24.5 Å². The average molecular weight is 295 g/mol. The molecular formula is C14H21N3O2S. The smallest absolute Gasteiger partial charge is 0.317 e. The van der Waals surface area contributed by atoms with Crippen LogP contribution in [0.2, 0.25) is 0 Å². The van der Waals surface area contributed by atoms with Gasteiger partial charge in [-0.05, 0) is 42.5 Å². The van der Waals surface area contributed by atoms with E-state index in [4.69, 9.17) is 9.88 Å². The number of benzene rings is 1. The summed E-state index contributed by atoms with van der Waals surface area (Å²) in [6, 6.07) is 8.22. The standard InChI is InChI=1S/C14H21N3O2S/c15-20-13-5-3-12(4-6-13)2-1-7-16-14(18)17-8-10-19-11-9-17/h3-6H,1-2,7-11,15H2,(H,16,18). The Morgan fingerprint density at radius 3 is 2.65 bits per heavy atom. The first-order valence-electron chi connectivity index (χ1n) is 6.86. The van der Waals surface area contributed by atoms with Crippen molar-refractivity contribution in [2.24, 2.45) is 5.14 Å². The lowest BCUT2D eigenvalue weighted by atomic mass is 10.1. The minimum absolute atomic E-state index is 0.0168. The van der Waals surface area contributed by atoms with Crippen LogP contribution in [-0.4, -0.2) is 43.8 Å². The van der Waals surface area contributed by atoms with Gasteiger partial charge < -0.3 is 15.0 Å². The molecule has 1 saturated heterocycles. The predicted molar refractivity (Wildman–Crippen MR) is 80.6 cm³/mol. The number of rotatable bonds is 5. The molecule has 0 spiro atoms. The molecule has 20 heavy (non-hydrogen) atoms. The van der Waals surface area contributed by atoms with Crippen LogP contribution in [0, 0.1) is 0 Å². The molecule has 1 heterocycles. The first-order chi connectivity index (χ1) is 9.79. The number of urea groups is 1. The number of amides is 2. The summed E-state index contributed by atoms with van der Waals surface area (Å²) in [6.07, 6.45) is 1.89. The van der Waals surface area contributed by atoms with Gasteiger partial charge in [0.1, 0.15) is 0 Å². The second kappa shape index (κ2) is 8.14. The Balaban J connectivity index is 1.64. The zero-order valence-corrected chi connectivity index (χ0v) is 12.3. The number of ether oxygens (including phenoxy) is 1. The lowest BCUT2D eigenvalue weighted by Gasteiger charge is -2.26. The first-order valence-corrected chi connectivity index (χ1v) is 7.74. The molecule has 0 unspecified atom stereocenters. The lowest BCUT2D eigenvalue weighted by molar-refractivity contribution is 0.0532. The number of nitrogens with one attached hydrogen (secondary N) is 1. The largest absolute Gasteiger partial charge is 0.378 e. The maximum atomic E-state index is 11.8. The zero-order valence-electron chi connectivity index (χ0n) is 11.5. The van der Waals surface area contributed by atoms with Gasteiger partial charge in [-0.1, -0.05) is 12.1 Å². The number of carbonyl (C=O) groups excluding carboxylic acids is 1. The molecule has 0 aromatic heterocycles. The van der Waals surface area contributed by atoms with E-state index >= 15 is 0 Å². The van der Waals surface area contributed by atoms with E-state index in [1.54, 1.807) is 4.90 Å². The van der Waals surface area contributed by atoms with Crippen molar-refractivity contribution in [2.45, 2.75) is 17.7 Å². The van der Waals surface area contributed by atoms with Crippen LogP contribution in [0.1, 0.15) is 12.0 Å². The van der Waals surface area contributed by atoms with E-state index in [0.717, 1.165) is 17.7 Å². The highest BCUT2D eigenvalue weighted by Crippen LogP contribution is 2.13. The van der Waals surface area contributed by atoms with Crippen molar-refractivity contribution in [3.63, 3.8) is 0 Å². The molecule has 0 radical (unpaired) electrons. The highest BCUT2D eigenvalue weighted by atomic mass is 32.2. The molecule has 0 aliphatic carbocycles. The van der Waals surface area contributed by atoms with Crippen LogP contribution in [0.5, 0.6) is 0 Å². The number of carbonyl (C=O) groups is 1. The van der Waals surface area contributed by atoms with Crippen molar-refractivity contribution in [2.75, 3.05) is 32.8 Å². The third-order valence-corrected chi connectivity index (χ3v) is 3.82. The summed E-state index contributed by atoms with van der Waals surface area (Å²) in [7, 11) is 0. The first kappa shape index (κ1) is 15.2. The molecule has 0 bridgehead atoms. The van der Waals surface area contributed by atoms with Crippen LogP contribution in [0.3, 0.4) is 0 Å². The molecule has 3 N–H and O–H groups in total. The molecule has 1 aromatic carbocycles. The van der Waals surface area contributed by atoms with Crippen molar-refractivity contribution in [3.8, 4) is 0 Å². The molecular weight excluding hydrogens is 274 g/mol. The van der Waals surface area contributed by atoms with E-state index in [-0.39, 0.29) is 6.03 Å². The van der Waals surface area contributed by atoms with Gasteiger partial charge >= 0.3 is 6.03 Å². The lowest BCUT2D eigenvalue weighted by Crippen LogP contribution is -2.46. The number of hydrogen-bond acceptors (Lipinski definition) is 4.